The van der Waals surface area contributed by atoms with Crippen LogP contribution >= 0.6 is 0 Å². The summed E-state index contributed by atoms with van der Waals surface area (Å²) in [5.74, 6) is 1.81. The first-order chi connectivity index (χ1) is 14.6. The number of aryl methyl sites for hydroxylation is 2. The van der Waals surface area contributed by atoms with Gasteiger partial charge in [0.15, 0.2) is 0 Å². The van der Waals surface area contributed by atoms with Crippen molar-refractivity contribution in [3.8, 4) is 17.5 Å². The van der Waals surface area contributed by atoms with Gasteiger partial charge in [0.2, 0.25) is 0 Å². The Morgan fingerprint density at radius 3 is 2.23 bits per heavy atom. The van der Waals surface area contributed by atoms with Gasteiger partial charge >= 0.3 is 6.01 Å². The second kappa shape index (κ2) is 13.2. The quantitative estimate of drug-likeness (QED) is 0.206. The van der Waals surface area contributed by atoms with Crippen molar-refractivity contribution < 1.29 is 19.0 Å². The van der Waals surface area contributed by atoms with Crippen LogP contribution in [0.15, 0.2) is 41.8 Å². The van der Waals surface area contributed by atoms with E-state index < -0.39 is 0 Å². The van der Waals surface area contributed by atoms with Gasteiger partial charge in [0.1, 0.15) is 25.2 Å². The molecule has 0 N–H and O–H groups in total. The predicted molar refractivity (Wildman–Crippen MR) is 118 cm³/mol. The standard InChI is InChI=1S/C23H31N3O4/c1-5-6-10-28-21-13-18(2)22(19(3)14-21)29-11-8-7-9-12-30-23-24-15-20(16-25-23)17-26-27-4/h5-6,13-17H,7-12H2,1-4H3/b6-5+,26-17+. The second-order valence-electron chi connectivity index (χ2n) is 6.74. The molecular formula is C23H31N3O4. The fourth-order valence-corrected chi connectivity index (χ4v) is 2.76. The Morgan fingerprint density at radius 2 is 1.60 bits per heavy atom. The SMILES string of the molecule is C/C=C/COc1cc(C)c(OCCCCCOc2ncc(/C=N/OC)cn2)c(C)c1. The van der Waals surface area contributed by atoms with Crippen LogP contribution in [0.3, 0.4) is 0 Å². The maximum atomic E-state index is 6.00. The summed E-state index contributed by atoms with van der Waals surface area (Å²) in [5.41, 5.74) is 2.93. The van der Waals surface area contributed by atoms with Crippen LogP contribution < -0.4 is 14.2 Å². The number of oxime groups is 1. The molecule has 0 saturated carbocycles. The van der Waals surface area contributed by atoms with Crippen molar-refractivity contribution in [2.45, 2.75) is 40.0 Å². The van der Waals surface area contributed by atoms with Gasteiger partial charge in [-0.05, 0) is 63.3 Å². The Labute approximate surface area is 178 Å². The number of ether oxygens (including phenoxy) is 3. The van der Waals surface area contributed by atoms with Crippen molar-refractivity contribution in [1.82, 2.24) is 9.97 Å². The molecule has 1 heterocycles. The average Bonchev–Trinajstić information content (AvgIpc) is 2.74. The number of hydrogen-bond acceptors (Lipinski definition) is 7. The zero-order chi connectivity index (χ0) is 21.6. The van der Waals surface area contributed by atoms with Crippen molar-refractivity contribution in [2.24, 2.45) is 5.16 Å². The lowest BCUT2D eigenvalue weighted by Gasteiger charge is -2.14. The molecule has 0 aliphatic heterocycles. The van der Waals surface area contributed by atoms with E-state index in [0.29, 0.717) is 25.8 Å². The summed E-state index contributed by atoms with van der Waals surface area (Å²) < 4.78 is 17.3. The van der Waals surface area contributed by atoms with Gasteiger partial charge in [-0.1, -0.05) is 17.3 Å². The molecule has 0 unspecified atom stereocenters. The van der Waals surface area contributed by atoms with Gasteiger partial charge in [-0.3, -0.25) is 0 Å². The van der Waals surface area contributed by atoms with E-state index in [-0.39, 0.29) is 0 Å². The van der Waals surface area contributed by atoms with E-state index in [1.807, 2.05) is 45.1 Å². The monoisotopic (exact) mass is 413 g/mol. The highest BCUT2D eigenvalue weighted by Gasteiger charge is 2.07. The van der Waals surface area contributed by atoms with Gasteiger partial charge in [-0.25, -0.2) is 9.97 Å². The Bertz CT molecular complexity index is 797. The molecule has 0 amide bonds. The number of rotatable bonds is 13. The topological polar surface area (TPSA) is 75.1 Å². The maximum absolute atomic E-state index is 6.00. The molecule has 7 heteroatoms. The number of allylic oxidation sites excluding steroid dienone is 1. The number of benzene rings is 1. The molecule has 7 nitrogen and oxygen atoms in total. The number of unbranched alkanes of at least 4 members (excludes halogenated alkanes) is 2. The van der Waals surface area contributed by atoms with E-state index in [0.717, 1.165) is 47.5 Å². The lowest BCUT2D eigenvalue weighted by Crippen LogP contribution is -2.04. The van der Waals surface area contributed by atoms with E-state index in [9.17, 15) is 0 Å². The number of hydrogen-bond donors (Lipinski definition) is 0. The predicted octanol–water partition coefficient (Wildman–Crippen LogP) is 4.66. The van der Waals surface area contributed by atoms with Crippen LogP contribution in [0.4, 0.5) is 0 Å². The normalized spacial score (nSPS) is 11.2. The van der Waals surface area contributed by atoms with Gasteiger partial charge in [-0.15, -0.1) is 0 Å². The third-order valence-electron chi connectivity index (χ3n) is 4.24. The van der Waals surface area contributed by atoms with Crippen molar-refractivity contribution >= 4 is 6.21 Å². The molecule has 0 radical (unpaired) electrons. The van der Waals surface area contributed by atoms with Gasteiger partial charge in [0.25, 0.3) is 0 Å². The van der Waals surface area contributed by atoms with Gasteiger partial charge in [0.05, 0.1) is 19.4 Å². The summed E-state index contributed by atoms with van der Waals surface area (Å²) in [6.07, 6.45) is 11.6. The highest BCUT2D eigenvalue weighted by molar-refractivity contribution is 5.77. The number of nitrogens with zero attached hydrogens (tertiary/aromatic N) is 3. The van der Waals surface area contributed by atoms with Gasteiger partial charge in [-0.2, -0.15) is 0 Å². The van der Waals surface area contributed by atoms with Crippen molar-refractivity contribution in [1.29, 1.82) is 0 Å². The molecule has 2 rings (SSSR count). The van der Waals surface area contributed by atoms with E-state index >= 15 is 0 Å². The summed E-state index contributed by atoms with van der Waals surface area (Å²) in [5, 5.41) is 3.66. The van der Waals surface area contributed by atoms with Crippen molar-refractivity contribution in [2.75, 3.05) is 26.9 Å². The molecule has 30 heavy (non-hydrogen) atoms. The Morgan fingerprint density at radius 1 is 0.933 bits per heavy atom. The Hall–Kier alpha value is -3.09. The van der Waals surface area contributed by atoms with Crippen molar-refractivity contribution in [3.63, 3.8) is 0 Å². The summed E-state index contributed by atoms with van der Waals surface area (Å²) in [4.78, 5) is 12.9. The Kier molecular flexibility index (Phi) is 10.2. The van der Waals surface area contributed by atoms with E-state index in [4.69, 9.17) is 14.2 Å². The smallest absolute Gasteiger partial charge is 0.316 e. The highest BCUT2D eigenvalue weighted by Crippen LogP contribution is 2.28. The lowest BCUT2D eigenvalue weighted by atomic mass is 10.1. The highest BCUT2D eigenvalue weighted by atomic mass is 16.6. The minimum atomic E-state index is 0.365. The van der Waals surface area contributed by atoms with Gasteiger partial charge < -0.3 is 19.0 Å². The zero-order valence-electron chi connectivity index (χ0n) is 18.3. The molecule has 0 bridgehead atoms. The molecule has 0 aliphatic rings. The third kappa shape index (κ3) is 8.11. The summed E-state index contributed by atoms with van der Waals surface area (Å²) in [7, 11) is 1.49. The van der Waals surface area contributed by atoms with Crippen LogP contribution in [-0.2, 0) is 4.84 Å². The first-order valence-electron chi connectivity index (χ1n) is 10.1. The fraction of sp³-hybridized carbons (Fsp3) is 0.435. The summed E-state index contributed by atoms with van der Waals surface area (Å²) in [6.45, 7) is 7.89. The zero-order valence-corrected chi connectivity index (χ0v) is 18.3. The molecule has 0 fully saturated rings. The molecule has 1 aromatic heterocycles. The van der Waals surface area contributed by atoms with Crippen LogP contribution in [0.25, 0.3) is 0 Å². The van der Waals surface area contributed by atoms with Gasteiger partial charge in [0, 0.05) is 18.0 Å². The summed E-state index contributed by atoms with van der Waals surface area (Å²) in [6, 6.07) is 4.40. The summed E-state index contributed by atoms with van der Waals surface area (Å²) >= 11 is 0. The first-order valence-corrected chi connectivity index (χ1v) is 10.1. The average molecular weight is 414 g/mol. The molecule has 0 spiro atoms. The molecule has 1 aromatic carbocycles. The molecule has 162 valence electrons. The van der Waals surface area contributed by atoms with Crippen LogP contribution in [0.1, 0.15) is 42.9 Å². The number of aromatic nitrogens is 2. The lowest BCUT2D eigenvalue weighted by molar-refractivity contribution is 0.215. The molecule has 0 atom stereocenters. The van der Waals surface area contributed by atoms with E-state index in [2.05, 4.69) is 20.0 Å². The van der Waals surface area contributed by atoms with Crippen molar-refractivity contribution in [3.05, 3.63) is 53.4 Å². The molecular weight excluding hydrogens is 382 g/mol. The van der Waals surface area contributed by atoms with Crippen LogP contribution in [0.5, 0.6) is 17.5 Å². The third-order valence-corrected chi connectivity index (χ3v) is 4.24. The first kappa shape index (κ1) is 23.2. The molecule has 2 aromatic rings. The molecule has 0 saturated heterocycles. The van der Waals surface area contributed by atoms with E-state index in [1.54, 1.807) is 12.4 Å². The van der Waals surface area contributed by atoms with Crippen LogP contribution in [0, 0.1) is 13.8 Å². The van der Waals surface area contributed by atoms with Crippen LogP contribution in [-0.4, -0.2) is 43.1 Å². The molecule has 0 aliphatic carbocycles. The largest absolute Gasteiger partial charge is 0.493 e. The minimum absolute atomic E-state index is 0.365. The van der Waals surface area contributed by atoms with Crippen LogP contribution in [0.2, 0.25) is 0 Å². The fourth-order valence-electron chi connectivity index (χ4n) is 2.76. The second-order valence-corrected chi connectivity index (χ2v) is 6.74. The van der Waals surface area contributed by atoms with E-state index in [1.165, 1.54) is 13.3 Å². The Balaban J connectivity index is 1.65. The maximum Gasteiger partial charge on any atom is 0.316 e. The minimum Gasteiger partial charge on any atom is -0.493 e.